The van der Waals surface area contributed by atoms with Crippen LogP contribution >= 0.6 is 0 Å². The predicted octanol–water partition coefficient (Wildman–Crippen LogP) is 4.35. The molecule has 1 aliphatic rings. The van der Waals surface area contributed by atoms with Gasteiger partial charge in [-0.05, 0) is 37.1 Å². The Hall–Kier alpha value is -2.22. The molecule has 20 heavy (non-hydrogen) atoms. The molecular weight excluding hydrogens is 244 g/mol. The van der Waals surface area contributed by atoms with E-state index >= 15 is 0 Å². The van der Waals surface area contributed by atoms with Crippen molar-refractivity contribution >= 4 is 17.1 Å². The fourth-order valence-corrected chi connectivity index (χ4v) is 2.95. The van der Waals surface area contributed by atoms with Gasteiger partial charge >= 0.3 is 0 Å². The molecule has 2 nitrogen and oxygen atoms in total. The summed E-state index contributed by atoms with van der Waals surface area (Å²) >= 11 is 0. The minimum atomic E-state index is 0.318. The summed E-state index contributed by atoms with van der Waals surface area (Å²) in [7, 11) is 2.15. The van der Waals surface area contributed by atoms with Crippen molar-refractivity contribution in [3.05, 3.63) is 66.7 Å². The molecule has 1 aliphatic heterocycles. The minimum absolute atomic E-state index is 0.318. The van der Waals surface area contributed by atoms with Crippen LogP contribution < -0.4 is 9.80 Å². The van der Waals surface area contributed by atoms with Crippen LogP contribution in [-0.4, -0.2) is 13.2 Å². The first kappa shape index (κ1) is 12.8. The van der Waals surface area contributed by atoms with Crippen LogP contribution in [0.25, 0.3) is 0 Å². The second-order valence-corrected chi connectivity index (χ2v) is 5.22. The Morgan fingerprint density at radius 1 is 1.00 bits per heavy atom. The van der Waals surface area contributed by atoms with Crippen molar-refractivity contribution in [1.29, 1.82) is 0 Å². The Labute approximate surface area is 121 Å². The molecule has 3 rings (SSSR count). The lowest BCUT2D eigenvalue weighted by atomic mass is 10.1. The molecule has 102 valence electrons. The van der Waals surface area contributed by atoms with Crippen LogP contribution in [0, 0.1) is 0 Å². The van der Waals surface area contributed by atoms with Crippen LogP contribution in [0.15, 0.2) is 61.2 Å². The van der Waals surface area contributed by atoms with Gasteiger partial charge in [-0.25, -0.2) is 0 Å². The zero-order valence-electron chi connectivity index (χ0n) is 12.1. The maximum absolute atomic E-state index is 3.87. The van der Waals surface area contributed by atoms with E-state index in [1.54, 1.807) is 0 Å². The predicted molar refractivity (Wildman–Crippen MR) is 86.8 cm³/mol. The molecule has 0 saturated heterocycles. The summed E-state index contributed by atoms with van der Waals surface area (Å²) in [5, 5.41) is 0. The lowest BCUT2D eigenvalue weighted by Crippen LogP contribution is -2.36. The number of nitrogens with zero attached hydrogens (tertiary/aromatic N) is 2. The van der Waals surface area contributed by atoms with E-state index in [-0.39, 0.29) is 0 Å². The van der Waals surface area contributed by atoms with Gasteiger partial charge in [0.2, 0.25) is 0 Å². The highest BCUT2D eigenvalue weighted by molar-refractivity contribution is 5.84. The van der Waals surface area contributed by atoms with Crippen LogP contribution in [-0.2, 0) is 6.42 Å². The third-order valence-electron chi connectivity index (χ3n) is 4.07. The van der Waals surface area contributed by atoms with Crippen molar-refractivity contribution in [3.8, 4) is 0 Å². The molecule has 1 atom stereocenters. The highest BCUT2D eigenvalue weighted by Gasteiger charge is 2.31. The van der Waals surface area contributed by atoms with Gasteiger partial charge in [-0.2, -0.15) is 0 Å². The van der Waals surface area contributed by atoms with Crippen LogP contribution in [0.1, 0.15) is 12.5 Å². The number of anilines is 3. The van der Waals surface area contributed by atoms with Crippen molar-refractivity contribution in [2.45, 2.75) is 19.5 Å². The Bertz CT molecular complexity index is 633. The zero-order valence-corrected chi connectivity index (χ0v) is 12.1. The fraction of sp³-hybridized carbons (Fsp3) is 0.222. The van der Waals surface area contributed by atoms with E-state index in [9.17, 15) is 0 Å². The van der Waals surface area contributed by atoms with E-state index < -0.39 is 0 Å². The Morgan fingerprint density at radius 2 is 1.60 bits per heavy atom. The van der Waals surface area contributed by atoms with Gasteiger partial charge in [0.25, 0.3) is 0 Å². The van der Waals surface area contributed by atoms with E-state index in [0.29, 0.717) is 6.17 Å². The molecular formula is C18H20N2. The Balaban J connectivity index is 2.13. The molecule has 0 fully saturated rings. The normalized spacial score (nSPS) is 17.2. The monoisotopic (exact) mass is 264 g/mol. The van der Waals surface area contributed by atoms with Crippen LogP contribution in [0.4, 0.5) is 17.1 Å². The van der Waals surface area contributed by atoms with Gasteiger partial charge in [0, 0.05) is 12.7 Å². The fourth-order valence-electron chi connectivity index (χ4n) is 2.95. The van der Waals surface area contributed by atoms with Crippen molar-refractivity contribution in [3.63, 3.8) is 0 Å². The van der Waals surface area contributed by atoms with Gasteiger partial charge in [-0.3, -0.25) is 0 Å². The maximum atomic E-state index is 3.87. The summed E-state index contributed by atoms with van der Waals surface area (Å²) in [5.74, 6) is 0. The topological polar surface area (TPSA) is 6.48 Å². The average molecular weight is 264 g/mol. The SMILES string of the molecule is C=CCc1ccccc1N1c2ccccc2N(C)C1C. The molecule has 2 heteroatoms. The second-order valence-electron chi connectivity index (χ2n) is 5.22. The van der Waals surface area contributed by atoms with Crippen molar-refractivity contribution in [2.75, 3.05) is 16.8 Å². The van der Waals surface area contributed by atoms with Crippen molar-refractivity contribution in [2.24, 2.45) is 0 Å². The molecule has 0 spiro atoms. The number of hydrogen-bond acceptors (Lipinski definition) is 2. The zero-order chi connectivity index (χ0) is 14.1. The molecule has 0 saturated carbocycles. The number of para-hydroxylation sites is 3. The van der Waals surface area contributed by atoms with Crippen molar-refractivity contribution < 1.29 is 0 Å². The minimum Gasteiger partial charge on any atom is -0.353 e. The van der Waals surface area contributed by atoms with E-state index in [1.807, 2.05) is 6.08 Å². The summed E-state index contributed by atoms with van der Waals surface area (Å²) in [6, 6.07) is 17.2. The number of rotatable bonds is 3. The van der Waals surface area contributed by atoms with E-state index in [0.717, 1.165) is 6.42 Å². The summed E-state index contributed by atoms with van der Waals surface area (Å²) in [4.78, 5) is 4.73. The lowest BCUT2D eigenvalue weighted by molar-refractivity contribution is 0.732. The first-order valence-corrected chi connectivity index (χ1v) is 7.04. The highest BCUT2D eigenvalue weighted by atomic mass is 15.4. The summed E-state index contributed by atoms with van der Waals surface area (Å²) < 4.78 is 0. The van der Waals surface area contributed by atoms with Gasteiger partial charge in [0.15, 0.2) is 0 Å². The van der Waals surface area contributed by atoms with E-state index in [1.165, 1.54) is 22.6 Å². The number of fused-ring (bicyclic) bond motifs is 1. The molecule has 0 N–H and O–H groups in total. The summed E-state index contributed by atoms with van der Waals surface area (Å²) in [6.45, 7) is 6.11. The molecule has 0 aromatic heterocycles. The van der Waals surface area contributed by atoms with Gasteiger partial charge in [0.05, 0.1) is 11.4 Å². The van der Waals surface area contributed by atoms with Crippen LogP contribution in [0.5, 0.6) is 0 Å². The van der Waals surface area contributed by atoms with Gasteiger partial charge < -0.3 is 9.80 Å². The third-order valence-corrected chi connectivity index (χ3v) is 4.07. The largest absolute Gasteiger partial charge is 0.353 e. The standard InChI is InChI=1S/C18H20N2/c1-4-9-15-10-5-6-11-16(15)20-14(2)19(3)17-12-7-8-13-18(17)20/h4-8,10-14H,1,9H2,2-3H3. The molecule has 2 aromatic carbocycles. The summed E-state index contributed by atoms with van der Waals surface area (Å²) in [6.07, 6.45) is 3.18. The maximum Gasteiger partial charge on any atom is 0.103 e. The van der Waals surface area contributed by atoms with E-state index in [4.69, 9.17) is 0 Å². The third kappa shape index (κ3) is 1.88. The van der Waals surface area contributed by atoms with Crippen molar-refractivity contribution in [1.82, 2.24) is 0 Å². The number of allylic oxidation sites excluding steroid dienone is 1. The highest BCUT2D eigenvalue weighted by Crippen LogP contribution is 2.43. The molecule has 0 aliphatic carbocycles. The van der Waals surface area contributed by atoms with Gasteiger partial charge in [0.1, 0.15) is 6.17 Å². The van der Waals surface area contributed by atoms with E-state index in [2.05, 4.69) is 78.9 Å². The molecule has 1 heterocycles. The smallest absolute Gasteiger partial charge is 0.103 e. The molecule has 2 aromatic rings. The van der Waals surface area contributed by atoms with Gasteiger partial charge in [-0.15, -0.1) is 6.58 Å². The first-order valence-electron chi connectivity index (χ1n) is 7.04. The molecule has 0 bridgehead atoms. The number of hydrogen-bond donors (Lipinski definition) is 0. The second kappa shape index (κ2) is 5.04. The molecule has 1 unspecified atom stereocenters. The Morgan fingerprint density at radius 3 is 2.30 bits per heavy atom. The van der Waals surface area contributed by atoms with Crippen LogP contribution in [0.2, 0.25) is 0 Å². The number of benzene rings is 2. The Kier molecular flexibility index (Phi) is 3.23. The summed E-state index contributed by atoms with van der Waals surface area (Å²) in [5.41, 5.74) is 5.16. The lowest BCUT2D eigenvalue weighted by Gasteiger charge is -2.29. The quantitative estimate of drug-likeness (QED) is 0.760. The van der Waals surface area contributed by atoms with Gasteiger partial charge in [-0.1, -0.05) is 36.4 Å². The van der Waals surface area contributed by atoms with Crippen LogP contribution in [0.3, 0.4) is 0 Å². The molecule has 0 amide bonds. The first-order chi connectivity index (χ1) is 9.74. The average Bonchev–Trinajstić information content (AvgIpc) is 2.73. The molecule has 0 radical (unpaired) electrons.